The van der Waals surface area contributed by atoms with E-state index < -0.39 is 54.1 Å². The third kappa shape index (κ3) is 15.7. The Bertz CT molecular complexity index is 3180. The number of rotatable bonds is 28. The number of aryl methyl sites for hydroxylation is 3. The minimum atomic E-state index is -0.988. The third-order valence-electron chi connectivity index (χ3n) is 13.3. The number of nitrogens with zero attached hydrogens (tertiary/aromatic N) is 5. The Balaban J connectivity index is 0.787. The van der Waals surface area contributed by atoms with Gasteiger partial charge in [0.1, 0.15) is 29.7 Å². The number of esters is 1. The summed E-state index contributed by atoms with van der Waals surface area (Å²) >= 11 is 0. The van der Waals surface area contributed by atoms with Crippen molar-refractivity contribution in [2.75, 3.05) is 74.6 Å². The highest BCUT2D eigenvalue weighted by atomic mass is 16.7. The number of carbonyl (C=O) groups is 8. The second-order valence-corrected chi connectivity index (χ2v) is 19.3. The largest absolute Gasteiger partial charge is 0.493 e. The number of benzene rings is 2. The molecule has 2 aliphatic heterocycles. The maximum Gasteiger partial charge on any atom is 0.407 e. The molecule has 0 spiro atoms. The standard InChI is InChI=1S/C56H69N11O15/c1-8-39(31-68)82-50(78-7)32-81-56(76)58-18-16-49(70)60-33(2)55(75)80-20-12-17-57-51(71)43-23-36(29-64(43)3)62-53(73)45-24-37(30-66(45)5)63-52(72)44-22-35(28-65(44)4)61-48(69)15-11-19-79-47-26-41-40(25-46(47)77-6)54(74)67-38(27-59-41)21-34-13-9-10-14-42(34)67/h9-10,13-14,22-30,33,38-39,50,68H,8,11-12,15-21,31-32H2,1-7H3,(H,57,71)(H,58,76)(H,60,70)(H,61,69)(H,62,73)(H,63,72)/t33-,38+,39?,50?/m0/s1. The van der Waals surface area contributed by atoms with Crippen LogP contribution in [0.3, 0.4) is 0 Å². The summed E-state index contributed by atoms with van der Waals surface area (Å²) in [6, 6.07) is 14.4. The van der Waals surface area contributed by atoms with Crippen molar-refractivity contribution >= 4 is 82.2 Å². The molecule has 26 heteroatoms. The number of hydrogen-bond donors (Lipinski definition) is 7. The van der Waals surface area contributed by atoms with E-state index in [0.717, 1.165) is 11.3 Å². The fourth-order valence-corrected chi connectivity index (χ4v) is 8.95. The number of carbonyl (C=O) groups excluding carboxylic acids is 8. The van der Waals surface area contributed by atoms with E-state index >= 15 is 0 Å². The first-order valence-electron chi connectivity index (χ1n) is 26.6. The van der Waals surface area contributed by atoms with Crippen molar-refractivity contribution in [1.82, 2.24) is 29.7 Å². The van der Waals surface area contributed by atoms with Crippen LogP contribution in [0.1, 0.15) is 93.3 Å². The van der Waals surface area contributed by atoms with Gasteiger partial charge in [-0.05, 0) is 62.1 Å². The van der Waals surface area contributed by atoms with E-state index in [0.29, 0.717) is 59.1 Å². The number of fused-ring (bicyclic) bond motifs is 4. The number of alkyl carbamates (subject to hydrolysis) is 1. The molecule has 5 aromatic rings. The van der Waals surface area contributed by atoms with Gasteiger partial charge in [0.05, 0.1) is 67.4 Å². The molecular weight excluding hydrogens is 1070 g/mol. The van der Waals surface area contributed by atoms with Gasteiger partial charge < -0.3 is 79.1 Å². The van der Waals surface area contributed by atoms with Gasteiger partial charge in [-0.1, -0.05) is 25.1 Å². The van der Waals surface area contributed by atoms with Crippen LogP contribution >= 0.6 is 0 Å². The summed E-state index contributed by atoms with van der Waals surface area (Å²) in [5.41, 5.74) is 4.52. The van der Waals surface area contributed by atoms with Gasteiger partial charge in [0.25, 0.3) is 23.6 Å². The number of para-hydroxylation sites is 1. The van der Waals surface area contributed by atoms with Crippen LogP contribution in [-0.2, 0) is 60.9 Å². The van der Waals surface area contributed by atoms with E-state index in [-0.39, 0.29) is 93.7 Å². The first-order valence-corrected chi connectivity index (χ1v) is 26.6. The molecule has 2 aromatic carbocycles. The Kier molecular flexibility index (Phi) is 21.0. The zero-order valence-corrected chi connectivity index (χ0v) is 46.7. The summed E-state index contributed by atoms with van der Waals surface area (Å²) < 4.78 is 37.1. The fourth-order valence-electron chi connectivity index (χ4n) is 8.95. The van der Waals surface area contributed by atoms with E-state index in [9.17, 15) is 43.5 Å². The van der Waals surface area contributed by atoms with Crippen LogP contribution in [0.5, 0.6) is 11.5 Å². The van der Waals surface area contributed by atoms with Crippen LogP contribution in [-0.4, -0.2) is 151 Å². The number of methoxy groups -OCH3 is 2. The van der Waals surface area contributed by atoms with Crippen molar-refractivity contribution in [2.24, 2.45) is 26.1 Å². The van der Waals surface area contributed by atoms with E-state index in [4.69, 9.17) is 28.4 Å². The van der Waals surface area contributed by atoms with Crippen molar-refractivity contribution in [3.63, 3.8) is 0 Å². The number of aromatic nitrogens is 3. The zero-order valence-electron chi connectivity index (χ0n) is 46.7. The van der Waals surface area contributed by atoms with Gasteiger partial charge in [0.2, 0.25) is 11.8 Å². The molecule has 0 fully saturated rings. The van der Waals surface area contributed by atoms with Crippen LogP contribution in [0.25, 0.3) is 0 Å². The average Bonchev–Trinajstić information content (AvgIpc) is 4.26. The lowest BCUT2D eigenvalue weighted by atomic mass is 10.1. The van der Waals surface area contributed by atoms with E-state index in [1.54, 1.807) is 67.5 Å². The molecule has 3 aromatic heterocycles. The van der Waals surface area contributed by atoms with Gasteiger partial charge in [-0.15, -0.1) is 0 Å². The molecule has 0 bridgehead atoms. The Morgan fingerprint density at radius 1 is 0.744 bits per heavy atom. The van der Waals surface area contributed by atoms with Crippen LogP contribution in [0.2, 0.25) is 0 Å². The van der Waals surface area contributed by atoms with Crippen molar-refractivity contribution in [3.8, 4) is 11.5 Å². The first-order chi connectivity index (χ1) is 39.4. The predicted molar refractivity (Wildman–Crippen MR) is 300 cm³/mol. The SMILES string of the molecule is CCC(CO)OC(COC(=O)NCCC(=O)N[C@@H](C)C(=O)OCCCNC(=O)c1cc(NC(=O)c2cc(NC(=O)c3cc(NC(=O)CCCOc4cc5c(cc4OC)C(=O)N4c6ccccc6C[C@@H]4C=N5)cn3C)cn2C)cn1C)OC. The van der Waals surface area contributed by atoms with Crippen molar-refractivity contribution in [2.45, 2.75) is 76.9 Å². The lowest BCUT2D eigenvalue weighted by molar-refractivity contribution is -0.181. The predicted octanol–water partition coefficient (Wildman–Crippen LogP) is 4.34. The van der Waals surface area contributed by atoms with E-state index in [2.05, 4.69) is 36.9 Å². The van der Waals surface area contributed by atoms with Crippen molar-refractivity contribution in [1.29, 1.82) is 0 Å². The molecule has 7 N–H and O–H groups in total. The smallest absolute Gasteiger partial charge is 0.407 e. The highest BCUT2D eigenvalue weighted by Gasteiger charge is 2.36. The molecule has 0 radical (unpaired) electrons. The number of amides is 7. The monoisotopic (exact) mass is 1140 g/mol. The van der Waals surface area contributed by atoms with Gasteiger partial charge in [0, 0.05) is 97.2 Å². The van der Waals surface area contributed by atoms with Crippen LogP contribution in [0.15, 0.2) is 78.2 Å². The number of ether oxygens (including phenoxy) is 6. The number of anilines is 4. The molecular formula is C56H69N11O15. The quantitative estimate of drug-likeness (QED) is 0.0208. The summed E-state index contributed by atoms with van der Waals surface area (Å²) in [5, 5.41) is 25.3. The minimum absolute atomic E-state index is 0.0541. The van der Waals surface area contributed by atoms with Gasteiger partial charge in [0.15, 0.2) is 17.8 Å². The number of aliphatic imine (C=N–C) groups is 1. The minimum Gasteiger partial charge on any atom is -0.493 e. The summed E-state index contributed by atoms with van der Waals surface area (Å²) in [7, 11) is 7.78. The fraction of sp³-hybridized carbons (Fsp3) is 0.411. The number of hydrogen-bond acceptors (Lipinski definition) is 16. The molecule has 7 amide bonds. The Morgan fingerprint density at radius 3 is 2.02 bits per heavy atom. The second kappa shape index (κ2) is 28.4. The lowest BCUT2D eigenvalue weighted by Crippen LogP contribution is -2.41. The highest BCUT2D eigenvalue weighted by molar-refractivity contribution is 6.15. The van der Waals surface area contributed by atoms with Gasteiger partial charge in [-0.3, -0.25) is 38.7 Å². The molecule has 0 saturated carbocycles. The summed E-state index contributed by atoms with van der Waals surface area (Å²) in [6.07, 6.45) is 6.09. The van der Waals surface area contributed by atoms with Gasteiger partial charge >= 0.3 is 12.1 Å². The molecule has 438 valence electrons. The molecule has 82 heavy (non-hydrogen) atoms. The van der Waals surface area contributed by atoms with Crippen molar-refractivity contribution < 1.29 is 71.9 Å². The highest BCUT2D eigenvalue weighted by Crippen LogP contribution is 2.41. The summed E-state index contributed by atoms with van der Waals surface area (Å²) in [5.74, 6) is -2.42. The topological polar surface area (TPSA) is 315 Å². The molecule has 2 aliphatic rings. The molecule has 4 atom stereocenters. The summed E-state index contributed by atoms with van der Waals surface area (Å²) in [4.78, 5) is 110. The lowest BCUT2D eigenvalue weighted by Gasteiger charge is -2.22. The Labute approximate surface area is 472 Å². The van der Waals surface area contributed by atoms with Gasteiger partial charge in [-0.2, -0.15) is 0 Å². The maximum absolute atomic E-state index is 13.7. The summed E-state index contributed by atoms with van der Waals surface area (Å²) in [6.45, 7) is 2.98. The number of aliphatic hydroxyl groups is 1. The molecule has 2 unspecified atom stereocenters. The van der Waals surface area contributed by atoms with E-state index in [1.165, 1.54) is 48.5 Å². The van der Waals surface area contributed by atoms with Crippen LogP contribution < -0.4 is 46.3 Å². The first kappa shape index (κ1) is 60.6. The number of nitrogens with one attached hydrogen (secondary N) is 6. The second-order valence-electron chi connectivity index (χ2n) is 19.3. The molecule has 26 nitrogen and oxygen atoms in total. The molecule has 7 rings (SSSR count). The van der Waals surface area contributed by atoms with E-state index in [1.807, 2.05) is 31.2 Å². The third-order valence-corrected chi connectivity index (χ3v) is 13.3. The molecule has 0 aliphatic carbocycles. The average molecular weight is 1140 g/mol. The Hall–Kier alpha value is -9.01. The van der Waals surface area contributed by atoms with Gasteiger partial charge in [-0.25, -0.2) is 9.59 Å². The molecule has 0 saturated heterocycles. The maximum atomic E-state index is 13.7. The normalized spacial score (nSPS) is 14.2. The van der Waals surface area contributed by atoms with Crippen molar-refractivity contribution in [3.05, 3.63) is 101 Å². The van der Waals surface area contributed by atoms with Crippen LogP contribution in [0.4, 0.5) is 33.2 Å². The number of aliphatic hydroxyl groups excluding tert-OH is 1. The molecule has 5 heterocycles. The Morgan fingerprint density at radius 2 is 1.39 bits per heavy atom. The zero-order chi connectivity index (χ0) is 59.0. The van der Waals surface area contributed by atoms with Crippen LogP contribution in [0, 0.1) is 0 Å².